The smallest absolute Gasteiger partial charge is 0.414 e. The first-order valence-electron chi connectivity index (χ1n) is 7.98. The van der Waals surface area contributed by atoms with E-state index in [1.54, 1.807) is 18.7 Å². The van der Waals surface area contributed by atoms with Gasteiger partial charge in [-0.1, -0.05) is 5.16 Å². The molecule has 1 saturated heterocycles. The Morgan fingerprint density at radius 3 is 2.56 bits per heavy atom. The number of pyridine rings is 1. The van der Waals surface area contributed by atoms with Gasteiger partial charge in [0.05, 0.1) is 18.7 Å². The van der Waals surface area contributed by atoms with Gasteiger partial charge in [0.1, 0.15) is 5.76 Å². The molecule has 3 aromatic rings. The van der Waals surface area contributed by atoms with Crippen molar-refractivity contribution in [2.24, 2.45) is 0 Å². The van der Waals surface area contributed by atoms with Crippen LogP contribution in [-0.2, 0) is 16.1 Å². The fraction of sp³-hybridized carbons (Fsp3) is 0.235. The molecule has 2 N–H and O–H groups in total. The maximum Gasteiger partial charge on any atom is 0.414 e. The van der Waals surface area contributed by atoms with Gasteiger partial charge < -0.3 is 19.2 Å². The van der Waals surface area contributed by atoms with Gasteiger partial charge in [0, 0.05) is 31.0 Å². The van der Waals surface area contributed by atoms with Crippen LogP contribution in [0.25, 0.3) is 11.4 Å². The number of aliphatic carboxylic acids is 2. The van der Waals surface area contributed by atoms with Crippen LogP contribution in [0.5, 0.6) is 0 Å². The average molecular weight is 372 g/mol. The van der Waals surface area contributed by atoms with Gasteiger partial charge in [0.25, 0.3) is 0 Å². The topological polar surface area (TPSA) is 143 Å². The number of carboxylic acid groups (broad SMARTS) is 2. The van der Waals surface area contributed by atoms with Gasteiger partial charge in [0.15, 0.2) is 0 Å². The Morgan fingerprint density at radius 2 is 1.96 bits per heavy atom. The first-order chi connectivity index (χ1) is 13.0. The fourth-order valence-corrected chi connectivity index (χ4v) is 2.49. The number of rotatable bonds is 4. The maximum absolute atomic E-state index is 9.10. The van der Waals surface area contributed by atoms with Crippen LogP contribution in [0, 0.1) is 0 Å². The molecular weight excluding hydrogens is 356 g/mol. The molecule has 0 aliphatic carbocycles. The summed E-state index contributed by atoms with van der Waals surface area (Å²) in [5.74, 6) is -1.06. The van der Waals surface area contributed by atoms with Crippen molar-refractivity contribution < 1.29 is 28.7 Å². The summed E-state index contributed by atoms with van der Waals surface area (Å²) < 4.78 is 10.7. The molecule has 140 valence electrons. The molecule has 0 bridgehead atoms. The lowest BCUT2D eigenvalue weighted by molar-refractivity contribution is -0.159. The van der Waals surface area contributed by atoms with Crippen molar-refractivity contribution in [3.05, 3.63) is 54.6 Å². The summed E-state index contributed by atoms with van der Waals surface area (Å²) in [6.07, 6.45) is 5.16. The normalized spacial score (nSPS) is 14.1. The third-order valence-electron chi connectivity index (χ3n) is 3.81. The molecule has 4 rings (SSSR count). The van der Waals surface area contributed by atoms with Crippen LogP contribution < -0.4 is 0 Å². The molecule has 10 heteroatoms. The number of hydrogen-bond acceptors (Lipinski definition) is 8. The molecule has 10 nitrogen and oxygen atoms in total. The van der Waals surface area contributed by atoms with E-state index < -0.39 is 11.9 Å². The third kappa shape index (κ3) is 4.76. The number of furan rings is 1. The summed E-state index contributed by atoms with van der Waals surface area (Å²) in [4.78, 5) is 29.0. The summed E-state index contributed by atoms with van der Waals surface area (Å²) >= 11 is 0. The summed E-state index contributed by atoms with van der Waals surface area (Å²) in [5, 5.41) is 18.8. The first kappa shape index (κ1) is 18.3. The van der Waals surface area contributed by atoms with Crippen LogP contribution in [0.1, 0.15) is 17.6 Å². The lowest BCUT2D eigenvalue weighted by Crippen LogP contribution is -2.44. The van der Waals surface area contributed by atoms with Crippen molar-refractivity contribution in [1.82, 2.24) is 20.0 Å². The molecule has 0 spiro atoms. The van der Waals surface area contributed by atoms with Crippen LogP contribution in [0.15, 0.2) is 51.9 Å². The monoisotopic (exact) mass is 372 g/mol. The molecule has 27 heavy (non-hydrogen) atoms. The Morgan fingerprint density at radius 1 is 1.19 bits per heavy atom. The number of carboxylic acids is 2. The minimum Gasteiger partial charge on any atom is -0.473 e. The highest BCUT2D eigenvalue weighted by Gasteiger charge is 2.33. The van der Waals surface area contributed by atoms with E-state index in [4.69, 9.17) is 28.7 Å². The minimum atomic E-state index is -1.82. The van der Waals surface area contributed by atoms with E-state index in [0.29, 0.717) is 17.6 Å². The molecule has 3 aromatic heterocycles. The van der Waals surface area contributed by atoms with Gasteiger partial charge in [-0.25, -0.2) is 9.59 Å². The molecule has 1 fully saturated rings. The summed E-state index contributed by atoms with van der Waals surface area (Å²) in [6.45, 7) is 2.65. The lowest BCUT2D eigenvalue weighted by Gasteiger charge is -2.36. The van der Waals surface area contributed by atoms with Gasteiger partial charge in [0.2, 0.25) is 11.7 Å². The molecule has 1 aliphatic heterocycles. The number of aromatic nitrogens is 3. The molecular formula is C17H16N4O6. The van der Waals surface area contributed by atoms with E-state index in [1.807, 2.05) is 24.3 Å². The second kappa shape index (κ2) is 8.23. The Labute approximate surface area is 153 Å². The SMILES string of the molecule is O=C(O)C(=O)O.c1cncc(-c2noc(C3CN(Cc4ccco4)C3)n2)c1. The van der Waals surface area contributed by atoms with E-state index in [0.717, 1.165) is 31.0 Å². The van der Waals surface area contributed by atoms with Crippen molar-refractivity contribution >= 4 is 11.9 Å². The van der Waals surface area contributed by atoms with Gasteiger partial charge in [-0.15, -0.1) is 0 Å². The highest BCUT2D eigenvalue weighted by molar-refractivity contribution is 6.27. The third-order valence-corrected chi connectivity index (χ3v) is 3.81. The van der Waals surface area contributed by atoms with Crippen molar-refractivity contribution in [1.29, 1.82) is 0 Å². The molecule has 0 unspecified atom stereocenters. The fourth-order valence-electron chi connectivity index (χ4n) is 2.49. The molecule has 0 amide bonds. The Balaban J connectivity index is 0.000000307. The van der Waals surface area contributed by atoms with Crippen LogP contribution in [0.2, 0.25) is 0 Å². The average Bonchev–Trinajstić information content (AvgIpc) is 3.31. The highest BCUT2D eigenvalue weighted by Crippen LogP contribution is 2.28. The predicted octanol–water partition coefficient (Wildman–Crippen LogP) is 1.48. The maximum atomic E-state index is 9.10. The lowest BCUT2D eigenvalue weighted by atomic mass is 10.00. The van der Waals surface area contributed by atoms with Crippen LogP contribution >= 0.6 is 0 Å². The molecule has 4 heterocycles. The van der Waals surface area contributed by atoms with Gasteiger partial charge in [-0.05, 0) is 24.3 Å². The zero-order valence-electron chi connectivity index (χ0n) is 14.1. The molecule has 1 aliphatic rings. The van der Waals surface area contributed by atoms with Crippen molar-refractivity contribution in [3.63, 3.8) is 0 Å². The Bertz CT molecular complexity index is 875. The quantitative estimate of drug-likeness (QED) is 0.646. The highest BCUT2D eigenvalue weighted by atomic mass is 16.5. The van der Waals surface area contributed by atoms with Gasteiger partial charge in [-0.2, -0.15) is 4.98 Å². The van der Waals surface area contributed by atoms with Crippen molar-refractivity contribution in [2.75, 3.05) is 13.1 Å². The molecule has 0 radical (unpaired) electrons. The molecule has 0 atom stereocenters. The number of carbonyl (C=O) groups is 2. The van der Waals surface area contributed by atoms with E-state index in [9.17, 15) is 0 Å². The summed E-state index contributed by atoms with van der Waals surface area (Å²) in [6, 6.07) is 7.68. The van der Waals surface area contributed by atoms with Crippen LogP contribution in [0.3, 0.4) is 0 Å². The van der Waals surface area contributed by atoms with Crippen LogP contribution in [0.4, 0.5) is 0 Å². The van der Waals surface area contributed by atoms with E-state index in [-0.39, 0.29) is 0 Å². The van der Waals surface area contributed by atoms with E-state index >= 15 is 0 Å². The zero-order valence-corrected chi connectivity index (χ0v) is 14.1. The van der Waals surface area contributed by atoms with E-state index in [2.05, 4.69) is 20.0 Å². The summed E-state index contributed by atoms with van der Waals surface area (Å²) in [7, 11) is 0. The number of likely N-dealkylation sites (tertiary alicyclic amines) is 1. The Hall–Kier alpha value is -3.53. The molecule has 0 saturated carbocycles. The second-order valence-electron chi connectivity index (χ2n) is 5.78. The first-order valence-corrected chi connectivity index (χ1v) is 7.98. The van der Waals surface area contributed by atoms with Crippen molar-refractivity contribution in [3.8, 4) is 11.4 Å². The number of nitrogens with zero attached hydrogens (tertiary/aromatic N) is 4. The summed E-state index contributed by atoms with van der Waals surface area (Å²) in [5.41, 5.74) is 0.874. The minimum absolute atomic E-state index is 0.304. The van der Waals surface area contributed by atoms with E-state index in [1.165, 1.54) is 0 Å². The second-order valence-corrected chi connectivity index (χ2v) is 5.78. The van der Waals surface area contributed by atoms with Gasteiger partial charge >= 0.3 is 11.9 Å². The number of hydrogen-bond donors (Lipinski definition) is 2. The Kier molecular flexibility index (Phi) is 5.57. The van der Waals surface area contributed by atoms with Crippen molar-refractivity contribution in [2.45, 2.75) is 12.5 Å². The van der Waals surface area contributed by atoms with Gasteiger partial charge in [-0.3, -0.25) is 9.88 Å². The standard InChI is InChI=1S/C15H14N4O2.C2H2O4/c1-3-11(7-16-5-1)14-17-15(21-18-14)12-8-19(9-12)10-13-4-2-6-20-13;3-1(4)2(5)6/h1-7,12H,8-10H2;(H,3,4)(H,5,6). The largest absolute Gasteiger partial charge is 0.473 e. The predicted molar refractivity (Wildman–Crippen MR) is 89.5 cm³/mol. The van der Waals surface area contributed by atoms with Crippen LogP contribution in [-0.4, -0.2) is 55.3 Å². The zero-order chi connectivity index (χ0) is 19.2. The molecule has 0 aromatic carbocycles.